The number of carbonyl (C=O) groups is 1. The van der Waals surface area contributed by atoms with Crippen molar-refractivity contribution in [3.05, 3.63) is 18.0 Å². The Labute approximate surface area is 101 Å². The lowest BCUT2D eigenvalue weighted by Crippen LogP contribution is -2.17. The minimum absolute atomic E-state index is 0.00856. The summed E-state index contributed by atoms with van der Waals surface area (Å²) in [6.45, 7) is 8.34. The van der Waals surface area contributed by atoms with Gasteiger partial charge in [-0.25, -0.2) is 5.10 Å². The average Bonchev–Trinajstić information content (AvgIpc) is 2.64. The molecule has 0 spiro atoms. The van der Waals surface area contributed by atoms with Gasteiger partial charge in [-0.15, -0.1) is 0 Å². The van der Waals surface area contributed by atoms with Crippen LogP contribution in [0.3, 0.4) is 0 Å². The van der Waals surface area contributed by atoms with Gasteiger partial charge >= 0.3 is 0 Å². The van der Waals surface area contributed by atoms with Crippen molar-refractivity contribution in [2.75, 3.05) is 5.32 Å². The van der Waals surface area contributed by atoms with Crippen molar-refractivity contribution in [2.24, 2.45) is 17.3 Å². The van der Waals surface area contributed by atoms with Crippen LogP contribution in [0.5, 0.6) is 0 Å². The third-order valence-corrected chi connectivity index (χ3v) is 3.36. The molecular weight excluding hydrogens is 216 g/mol. The van der Waals surface area contributed by atoms with Crippen LogP contribution in [0.4, 0.5) is 5.95 Å². The molecule has 1 heterocycles. The maximum absolute atomic E-state index is 12.1. The number of nitrogens with one attached hydrogen (secondary N) is 2. The summed E-state index contributed by atoms with van der Waals surface area (Å²) in [7, 11) is 0. The summed E-state index contributed by atoms with van der Waals surface area (Å²) in [5.74, 6) is 0.751. The van der Waals surface area contributed by atoms with Crippen LogP contribution in [0, 0.1) is 17.3 Å². The molecule has 0 saturated heterocycles. The fourth-order valence-corrected chi connectivity index (χ4v) is 2.31. The molecule has 0 bridgehead atoms. The van der Waals surface area contributed by atoms with Gasteiger partial charge in [0, 0.05) is 0 Å². The number of aromatic amines is 1. The monoisotopic (exact) mass is 234 g/mol. The zero-order valence-electron chi connectivity index (χ0n) is 10.6. The molecule has 1 aliphatic carbocycles. The van der Waals surface area contributed by atoms with E-state index < -0.39 is 0 Å². The van der Waals surface area contributed by atoms with E-state index in [9.17, 15) is 4.79 Å². The SMILES string of the molecule is CC(C)=C[C@H]1[C@H](C(=O)Nc2ncn[nH]2)C1(C)C. The smallest absolute Gasteiger partial charge is 0.231 e. The van der Waals surface area contributed by atoms with Crippen molar-refractivity contribution < 1.29 is 4.79 Å². The zero-order valence-corrected chi connectivity index (χ0v) is 10.6. The predicted octanol–water partition coefficient (Wildman–Crippen LogP) is 1.98. The molecule has 1 aromatic heterocycles. The highest BCUT2D eigenvalue weighted by atomic mass is 16.2. The van der Waals surface area contributed by atoms with E-state index in [1.165, 1.54) is 11.9 Å². The quantitative estimate of drug-likeness (QED) is 0.786. The summed E-state index contributed by atoms with van der Waals surface area (Å²) >= 11 is 0. The molecule has 0 aromatic carbocycles. The number of allylic oxidation sites excluding steroid dienone is 2. The predicted molar refractivity (Wildman–Crippen MR) is 65.2 cm³/mol. The molecule has 1 aromatic rings. The minimum Gasteiger partial charge on any atom is -0.295 e. The second-order valence-corrected chi connectivity index (χ2v) is 5.39. The van der Waals surface area contributed by atoms with E-state index in [1.54, 1.807) is 0 Å². The van der Waals surface area contributed by atoms with Crippen LogP contribution >= 0.6 is 0 Å². The van der Waals surface area contributed by atoms with Crippen molar-refractivity contribution in [1.82, 2.24) is 15.2 Å². The molecule has 0 radical (unpaired) electrons. The molecule has 1 saturated carbocycles. The molecule has 92 valence electrons. The normalized spacial score (nSPS) is 25.2. The molecule has 1 fully saturated rings. The highest BCUT2D eigenvalue weighted by Crippen LogP contribution is 2.59. The molecule has 17 heavy (non-hydrogen) atoms. The van der Waals surface area contributed by atoms with E-state index >= 15 is 0 Å². The zero-order chi connectivity index (χ0) is 12.6. The van der Waals surface area contributed by atoms with Crippen LogP contribution in [0.2, 0.25) is 0 Å². The number of hydrogen-bond donors (Lipinski definition) is 2. The molecule has 5 heteroatoms. The lowest BCUT2D eigenvalue weighted by Gasteiger charge is -2.01. The standard InChI is InChI=1S/C12H18N4O/c1-7(2)5-8-9(12(8,3)4)10(17)15-11-13-6-14-16-11/h5-6,8-9H,1-4H3,(H2,13,14,15,16,17)/t8-,9+/m0/s1. The second kappa shape index (κ2) is 3.98. The number of H-pyrrole nitrogens is 1. The van der Waals surface area contributed by atoms with Crippen molar-refractivity contribution in [3.63, 3.8) is 0 Å². The van der Waals surface area contributed by atoms with E-state index in [0.717, 1.165) is 0 Å². The van der Waals surface area contributed by atoms with Crippen LogP contribution in [-0.4, -0.2) is 21.1 Å². The first kappa shape index (κ1) is 11.8. The molecule has 2 N–H and O–H groups in total. The molecule has 2 atom stereocenters. The Kier molecular flexibility index (Phi) is 2.77. The molecule has 1 amide bonds. The van der Waals surface area contributed by atoms with E-state index in [-0.39, 0.29) is 17.2 Å². The summed E-state index contributed by atoms with van der Waals surface area (Å²) in [5, 5.41) is 9.07. The maximum Gasteiger partial charge on any atom is 0.231 e. The first-order valence-electron chi connectivity index (χ1n) is 5.74. The number of aromatic nitrogens is 3. The van der Waals surface area contributed by atoms with Crippen molar-refractivity contribution >= 4 is 11.9 Å². The number of carbonyl (C=O) groups excluding carboxylic acids is 1. The summed E-state index contributed by atoms with van der Waals surface area (Å²) in [6, 6.07) is 0. The lowest BCUT2D eigenvalue weighted by molar-refractivity contribution is -0.118. The van der Waals surface area contributed by atoms with E-state index in [2.05, 4.69) is 54.3 Å². The van der Waals surface area contributed by atoms with Gasteiger partial charge in [0.2, 0.25) is 11.9 Å². The maximum atomic E-state index is 12.1. The Balaban J connectivity index is 2.04. The van der Waals surface area contributed by atoms with Gasteiger partial charge in [-0.3, -0.25) is 10.1 Å². The number of hydrogen-bond acceptors (Lipinski definition) is 3. The second-order valence-electron chi connectivity index (χ2n) is 5.39. The number of amides is 1. The Morgan fingerprint density at radius 3 is 2.76 bits per heavy atom. The van der Waals surface area contributed by atoms with Crippen molar-refractivity contribution in [2.45, 2.75) is 27.7 Å². The van der Waals surface area contributed by atoms with Crippen LogP contribution in [0.25, 0.3) is 0 Å². The molecule has 1 aliphatic rings. The summed E-state index contributed by atoms with van der Waals surface area (Å²) in [4.78, 5) is 15.9. The van der Waals surface area contributed by atoms with Crippen LogP contribution in [-0.2, 0) is 4.79 Å². The third-order valence-electron chi connectivity index (χ3n) is 3.36. The van der Waals surface area contributed by atoms with Gasteiger partial charge in [0.05, 0.1) is 5.92 Å². The summed E-state index contributed by atoms with van der Waals surface area (Å²) < 4.78 is 0. The lowest BCUT2D eigenvalue weighted by atomic mass is 10.1. The van der Waals surface area contributed by atoms with Gasteiger partial charge in [-0.1, -0.05) is 25.5 Å². The number of anilines is 1. The van der Waals surface area contributed by atoms with Crippen molar-refractivity contribution in [3.8, 4) is 0 Å². The molecule has 0 unspecified atom stereocenters. The number of nitrogens with zero attached hydrogens (tertiary/aromatic N) is 2. The van der Waals surface area contributed by atoms with Crippen LogP contribution in [0.15, 0.2) is 18.0 Å². The Bertz CT molecular complexity index is 443. The van der Waals surface area contributed by atoms with Gasteiger partial charge in [0.1, 0.15) is 6.33 Å². The molecule has 5 nitrogen and oxygen atoms in total. The summed E-state index contributed by atoms with van der Waals surface area (Å²) in [5.41, 5.74) is 1.28. The molecule has 2 rings (SSSR count). The highest BCUT2D eigenvalue weighted by Gasteiger charge is 2.60. The number of rotatable bonds is 3. The Morgan fingerprint density at radius 1 is 1.53 bits per heavy atom. The summed E-state index contributed by atoms with van der Waals surface area (Å²) in [6.07, 6.45) is 3.55. The first-order valence-corrected chi connectivity index (χ1v) is 5.74. The molecular formula is C12H18N4O. The minimum atomic E-state index is 0.00856. The largest absolute Gasteiger partial charge is 0.295 e. The fraction of sp³-hybridized carbons (Fsp3) is 0.583. The fourth-order valence-electron chi connectivity index (χ4n) is 2.31. The third kappa shape index (κ3) is 2.23. The van der Waals surface area contributed by atoms with E-state index in [4.69, 9.17) is 0 Å². The van der Waals surface area contributed by atoms with Crippen molar-refractivity contribution in [1.29, 1.82) is 0 Å². The van der Waals surface area contributed by atoms with Crippen LogP contribution < -0.4 is 5.32 Å². The van der Waals surface area contributed by atoms with E-state index in [1.807, 2.05) is 0 Å². The van der Waals surface area contributed by atoms with Gasteiger partial charge < -0.3 is 0 Å². The van der Waals surface area contributed by atoms with E-state index in [0.29, 0.717) is 11.9 Å². The Hall–Kier alpha value is -1.65. The van der Waals surface area contributed by atoms with Gasteiger partial charge in [-0.2, -0.15) is 10.1 Å². The molecule has 0 aliphatic heterocycles. The Morgan fingerprint density at radius 2 is 2.24 bits per heavy atom. The highest BCUT2D eigenvalue weighted by molar-refractivity contribution is 5.94. The topological polar surface area (TPSA) is 70.7 Å². The average molecular weight is 234 g/mol. The van der Waals surface area contributed by atoms with Gasteiger partial charge in [0.15, 0.2) is 0 Å². The van der Waals surface area contributed by atoms with Gasteiger partial charge in [0.25, 0.3) is 0 Å². The van der Waals surface area contributed by atoms with Gasteiger partial charge in [-0.05, 0) is 25.2 Å². The van der Waals surface area contributed by atoms with Crippen LogP contribution in [0.1, 0.15) is 27.7 Å². The first-order chi connectivity index (χ1) is 7.93.